The molecule has 0 bridgehead atoms. The van der Waals surface area contributed by atoms with Crippen LogP contribution in [0.4, 0.5) is 4.39 Å². The van der Waals surface area contributed by atoms with Crippen molar-refractivity contribution >= 4 is 5.91 Å². The van der Waals surface area contributed by atoms with Crippen LogP contribution in [0.15, 0.2) is 54.7 Å². The van der Waals surface area contributed by atoms with E-state index in [1.165, 1.54) is 11.6 Å². The lowest BCUT2D eigenvalue weighted by Gasteiger charge is -2.16. The zero-order valence-corrected chi connectivity index (χ0v) is 16.7. The van der Waals surface area contributed by atoms with Crippen LogP contribution in [0.3, 0.4) is 0 Å². The van der Waals surface area contributed by atoms with Gasteiger partial charge in [-0.2, -0.15) is 5.10 Å². The lowest BCUT2D eigenvalue weighted by atomic mass is 10.0. The number of aromatic nitrogens is 2. The third kappa shape index (κ3) is 4.30. The second-order valence-corrected chi connectivity index (χ2v) is 7.52. The maximum atomic E-state index is 13.9. The van der Waals surface area contributed by atoms with Gasteiger partial charge in [0.1, 0.15) is 5.82 Å². The summed E-state index contributed by atoms with van der Waals surface area (Å²) in [5.74, 6) is -0.323. The van der Waals surface area contributed by atoms with E-state index in [0.717, 1.165) is 11.4 Å². The van der Waals surface area contributed by atoms with Gasteiger partial charge in [-0.25, -0.2) is 9.07 Å². The molecular formula is C23H26FN3O. The molecule has 1 unspecified atom stereocenters. The number of amides is 1. The van der Waals surface area contributed by atoms with E-state index >= 15 is 0 Å². The fourth-order valence-corrected chi connectivity index (χ4v) is 3.33. The van der Waals surface area contributed by atoms with Crippen LogP contribution in [-0.2, 0) is 6.42 Å². The molecule has 1 heterocycles. The fourth-order valence-electron chi connectivity index (χ4n) is 3.33. The summed E-state index contributed by atoms with van der Waals surface area (Å²) < 4.78 is 15.7. The lowest BCUT2D eigenvalue weighted by Crippen LogP contribution is -2.34. The number of aryl methyl sites for hydroxylation is 1. The van der Waals surface area contributed by atoms with Crippen molar-refractivity contribution in [3.05, 3.63) is 82.9 Å². The van der Waals surface area contributed by atoms with E-state index < -0.39 is 0 Å². The van der Waals surface area contributed by atoms with Gasteiger partial charge in [-0.05, 0) is 49.9 Å². The van der Waals surface area contributed by atoms with E-state index in [9.17, 15) is 9.18 Å². The first kappa shape index (κ1) is 19.8. The van der Waals surface area contributed by atoms with Gasteiger partial charge in [0.15, 0.2) is 0 Å². The normalized spacial score (nSPS) is 12.2. The first-order chi connectivity index (χ1) is 13.4. The fraction of sp³-hybridized carbons (Fsp3) is 0.304. The Kier molecular flexibility index (Phi) is 5.93. The standard InChI is InChI=1S/C23H26FN3O/c1-15(2)22-20(14-25-27(22)19-11-9-16(3)10-12-19)23(28)26-17(4)13-18-7-5-6-8-21(18)24/h5-12,14-15,17H,13H2,1-4H3,(H,26,28). The smallest absolute Gasteiger partial charge is 0.255 e. The Morgan fingerprint density at radius 3 is 2.43 bits per heavy atom. The van der Waals surface area contributed by atoms with Gasteiger partial charge in [-0.1, -0.05) is 49.7 Å². The predicted molar refractivity (Wildman–Crippen MR) is 109 cm³/mol. The summed E-state index contributed by atoms with van der Waals surface area (Å²) in [5, 5.41) is 7.44. The van der Waals surface area contributed by atoms with Crippen LogP contribution < -0.4 is 5.32 Å². The second kappa shape index (κ2) is 8.38. The van der Waals surface area contributed by atoms with E-state index in [2.05, 4.69) is 10.4 Å². The third-order valence-corrected chi connectivity index (χ3v) is 4.74. The zero-order chi connectivity index (χ0) is 20.3. The molecule has 0 aliphatic heterocycles. The summed E-state index contributed by atoms with van der Waals surface area (Å²) in [6.07, 6.45) is 2.04. The highest BCUT2D eigenvalue weighted by molar-refractivity contribution is 5.95. The average molecular weight is 379 g/mol. The topological polar surface area (TPSA) is 46.9 Å². The van der Waals surface area contributed by atoms with Crippen molar-refractivity contribution in [2.45, 2.75) is 46.1 Å². The van der Waals surface area contributed by atoms with Gasteiger partial charge in [-0.3, -0.25) is 4.79 Å². The summed E-state index contributed by atoms with van der Waals surface area (Å²) in [6.45, 7) is 8.00. The molecule has 2 aromatic carbocycles. The Bertz CT molecular complexity index is 960. The van der Waals surface area contributed by atoms with Crippen molar-refractivity contribution in [2.75, 3.05) is 0 Å². The summed E-state index contributed by atoms with van der Waals surface area (Å²) in [7, 11) is 0. The molecule has 0 fully saturated rings. The summed E-state index contributed by atoms with van der Waals surface area (Å²) in [6, 6.07) is 14.5. The highest BCUT2D eigenvalue weighted by Gasteiger charge is 2.22. The highest BCUT2D eigenvalue weighted by atomic mass is 19.1. The lowest BCUT2D eigenvalue weighted by molar-refractivity contribution is 0.0938. The molecule has 0 spiro atoms. The molecule has 0 aliphatic carbocycles. The predicted octanol–water partition coefficient (Wildman–Crippen LogP) is 4.80. The minimum Gasteiger partial charge on any atom is -0.349 e. The molecule has 0 aliphatic rings. The number of nitrogens with one attached hydrogen (secondary N) is 1. The minimum absolute atomic E-state index is 0.117. The molecule has 1 N–H and O–H groups in total. The molecule has 1 aromatic heterocycles. The summed E-state index contributed by atoms with van der Waals surface area (Å²) >= 11 is 0. The van der Waals surface area contributed by atoms with Crippen LogP contribution in [0.5, 0.6) is 0 Å². The maximum absolute atomic E-state index is 13.9. The Morgan fingerprint density at radius 1 is 1.11 bits per heavy atom. The van der Waals surface area contributed by atoms with Gasteiger partial charge >= 0.3 is 0 Å². The molecule has 4 nitrogen and oxygen atoms in total. The molecule has 1 amide bonds. The van der Waals surface area contributed by atoms with Gasteiger partial charge < -0.3 is 5.32 Å². The van der Waals surface area contributed by atoms with Crippen molar-refractivity contribution in [1.29, 1.82) is 0 Å². The van der Waals surface area contributed by atoms with Crippen molar-refractivity contribution in [1.82, 2.24) is 15.1 Å². The number of nitrogens with zero attached hydrogens (tertiary/aromatic N) is 2. The zero-order valence-electron chi connectivity index (χ0n) is 16.7. The van der Waals surface area contributed by atoms with E-state index in [-0.39, 0.29) is 23.7 Å². The monoisotopic (exact) mass is 379 g/mol. The van der Waals surface area contributed by atoms with Gasteiger partial charge in [-0.15, -0.1) is 0 Å². The molecule has 0 radical (unpaired) electrons. The van der Waals surface area contributed by atoms with Crippen molar-refractivity contribution in [3.8, 4) is 5.69 Å². The number of halogens is 1. The Morgan fingerprint density at radius 2 is 1.79 bits per heavy atom. The number of benzene rings is 2. The number of rotatable bonds is 6. The highest BCUT2D eigenvalue weighted by Crippen LogP contribution is 2.23. The number of carbonyl (C=O) groups is 1. The third-order valence-electron chi connectivity index (χ3n) is 4.74. The molecule has 5 heteroatoms. The van der Waals surface area contributed by atoms with Crippen LogP contribution in [0.1, 0.15) is 53.9 Å². The average Bonchev–Trinajstić information content (AvgIpc) is 3.10. The van der Waals surface area contributed by atoms with Gasteiger partial charge in [0.05, 0.1) is 23.1 Å². The van der Waals surface area contributed by atoms with E-state index in [1.807, 2.05) is 56.6 Å². The van der Waals surface area contributed by atoms with Gasteiger partial charge in [0.25, 0.3) is 5.91 Å². The molecular weight excluding hydrogens is 353 g/mol. The first-order valence-electron chi connectivity index (χ1n) is 9.56. The Labute approximate surface area is 165 Å². The summed E-state index contributed by atoms with van der Waals surface area (Å²) in [5.41, 5.74) is 4.10. The molecule has 0 saturated carbocycles. The van der Waals surface area contributed by atoms with E-state index in [4.69, 9.17) is 0 Å². The van der Waals surface area contributed by atoms with Crippen molar-refractivity contribution in [3.63, 3.8) is 0 Å². The quantitative estimate of drug-likeness (QED) is 0.668. The molecule has 1 atom stereocenters. The van der Waals surface area contributed by atoms with E-state index in [0.29, 0.717) is 17.5 Å². The minimum atomic E-state index is -0.251. The largest absolute Gasteiger partial charge is 0.349 e. The molecule has 28 heavy (non-hydrogen) atoms. The van der Waals surface area contributed by atoms with Crippen LogP contribution in [0, 0.1) is 12.7 Å². The first-order valence-corrected chi connectivity index (χ1v) is 9.56. The van der Waals surface area contributed by atoms with Crippen LogP contribution in [0.2, 0.25) is 0 Å². The van der Waals surface area contributed by atoms with Gasteiger partial charge in [0, 0.05) is 6.04 Å². The molecule has 3 rings (SSSR count). The molecule has 0 saturated heterocycles. The SMILES string of the molecule is Cc1ccc(-n2ncc(C(=O)NC(C)Cc3ccccc3F)c2C(C)C)cc1. The molecule has 146 valence electrons. The van der Waals surface area contributed by atoms with Crippen LogP contribution in [-0.4, -0.2) is 21.7 Å². The number of hydrogen-bond donors (Lipinski definition) is 1. The van der Waals surface area contributed by atoms with Crippen LogP contribution in [0.25, 0.3) is 5.69 Å². The maximum Gasteiger partial charge on any atom is 0.255 e. The summed E-state index contributed by atoms with van der Waals surface area (Å²) in [4.78, 5) is 12.9. The Balaban J connectivity index is 1.81. The number of carbonyl (C=O) groups excluding carboxylic acids is 1. The molecule has 3 aromatic rings. The second-order valence-electron chi connectivity index (χ2n) is 7.52. The van der Waals surface area contributed by atoms with Gasteiger partial charge in [0.2, 0.25) is 0 Å². The Hall–Kier alpha value is -2.95. The van der Waals surface area contributed by atoms with Crippen molar-refractivity contribution < 1.29 is 9.18 Å². The van der Waals surface area contributed by atoms with Crippen LogP contribution >= 0.6 is 0 Å². The number of hydrogen-bond acceptors (Lipinski definition) is 2. The van der Waals surface area contributed by atoms with Crippen molar-refractivity contribution in [2.24, 2.45) is 0 Å². The van der Waals surface area contributed by atoms with E-state index in [1.54, 1.807) is 24.4 Å².